The Labute approximate surface area is 134 Å². The van der Waals surface area contributed by atoms with Gasteiger partial charge in [0.15, 0.2) is 0 Å². The maximum absolute atomic E-state index is 10.8. The molecule has 0 aliphatic rings. The second-order valence-corrected chi connectivity index (χ2v) is 5.64. The molecule has 20 heavy (non-hydrogen) atoms. The largest absolute Gasteiger partial charge is 0.380 e. The van der Waals surface area contributed by atoms with Crippen molar-refractivity contribution in [3.05, 3.63) is 66.6 Å². The molecule has 0 aliphatic carbocycles. The average molecular weight is 376 g/mol. The molecule has 0 unspecified atom stereocenters. The van der Waals surface area contributed by atoms with Crippen LogP contribution in [0.2, 0.25) is 10.0 Å². The molecular weight excluding hydrogens is 367 g/mol. The molecule has 0 amide bonds. The van der Waals surface area contributed by atoms with Crippen molar-refractivity contribution in [2.45, 2.75) is 6.54 Å². The number of anilines is 1. The van der Waals surface area contributed by atoms with E-state index in [4.69, 9.17) is 23.2 Å². The van der Waals surface area contributed by atoms with Gasteiger partial charge in [0.2, 0.25) is 0 Å². The maximum atomic E-state index is 10.8. The number of nitro groups is 1. The Morgan fingerprint density at radius 2 is 1.85 bits per heavy atom. The summed E-state index contributed by atoms with van der Waals surface area (Å²) < 4.78 is 0.728. The van der Waals surface area contributed by atoms with Crippen LogP contribution in [0.3, 0.4) is 0 Å². The minimum Gasteiger partial charge on any atom is -0.380 e. The molecule has 7 heteroatoms. The van der Waals surface area contributed by atoms with E-state index in [1.54, 1.807) is 24.3 Å². The summed E-state index contributed by atoms with van der Waals surface area (Å²) >= 11 is 15.5. The zero-order valence-electron chi connectivity index (χ0n) is 10.1. The number of non-ortho nitro benzene ring substituents is 1. The molecule has 104 valence electrons. The number of halogens is 3. The van der Waals surface area contributed by atoms with Gasteiger partial charge in [-0.1, -0.05) is 29.3 Å². The number of nitro benzene ring substituents is 1. The summed E-state index contributed by atoms with van der Waals surface area (Å²) in [4.78, 5) is 10.3. The number of hydrogen-bond donors (Lipinski definition) is 1. The van der Waals surface area contributed by atoms with Crippen molar-refractivity contribution >= 4 is 50.5 Å². The molecule has 4 nitrogen and oxygen atoms in total. The highest BCUT2D eigenvalue weighted by Gasteiger charge is 2.11. The van der Waals surface area contributed by atoms with Crippen LogP contribution in [0.5, 0.6) is 0 Å². The van der Waals surface area contributed by atoms with Crippen LogP contribution in [0.4, 0.5) is 11.4 Å². The van der Waals surface area contributed by atoms with Crippen LogP contribution in [0.1, 0.15) is 5.56 Å². The van der Waals surface area contributed by atoms with Gasteiger partial charge in [-0.25, -0.2) is 0 Å². The summed E-state index contributed by atoms with van der Waals surface area (Å²) in [5, 5.41) is 14.9. The summed E-state index contributed by atoms with van der Waals surface area (Å²) in [6.45, 7) is 0.373. The molecule has 1 N–H and O–H groups in total. The monoisotopic (exact) mass is 374 g/mol. The van der Waals surface area contributed by atoms with Gasteiger partial charge in [-0.15, -0.1) is 0 Å². The summed E-state index contributed by atoms with van der Waals surface area (Å²) in [7, 11) is 0. The van der Waals surface area contributed by atoms with Gasteiger partial charge in [-0.2, -0.15) is 0 Å². The van der Waals surface area contributed by atoms with Gasteiger partial charge < -0.3 is 5.32 Å². The van der Waals surface area contributed by atoms with Gasteiger partial charge >= 0.3 is 0 Å². The maximum Gasteiger partial charge on any atom is 0.271 e. The summed E-state index contributed by atoms with van der Waals surface area (Å²) in [6.07, 6.45) is 0. The molecule has 0 fully saturated rings. The van der Waals surface area contributed by atoms with Crippen molar-refractivity contribution < 1.29 is 4.92 Å². The van der Waals surface area contributed by atoms with Crippen LogP contribution < -0.4 is 5.32 Å². The van der Waals surface area contributed by atoms with E-state index in [1.807, 2.05) is 0 Å². The average Bonchev–Trinajstić information content (AvgIpc) is 2.39. The number of nitrogens with one attached hydrogen (secondary N) is 1. The Hall–Kier alpha value is -1.30. The molecule has 0 aromatic heterocycles. The second kappa shape index (κ2) is 6.43. The van der Waals surface area contributed by atoms with E-state index in [0.717, 1.165) is 10.0 Å². The standard InChI is InChI=1S/C13H9BrCl2N2O2/c14-10-5-4-8(18(19)20)6-13(10)17-7-9-11(15)2-1-3-12(9)16/h1-6,17H,7H2. The minimum absolute atomic E-state index is 0.0148. The van der Waals surface area contributed by atoms with Crippen LogP contribution in [0.25, 0.3) is 0 Å². The summed E-state index contributed by atoms with van der Waals surface area (Å²) in [6, 6.07) is 9.75. The predicted molar refractivity (Wildman–Crippen MR) is 84.6 cm³/mol. The van der Waals surface area contributed by atoms with Crippen LogP contribution in [0, 0.1) is 10.1 Å². The molecule has 2 aromatic rings. The quantitative estimate of drug-likeness (QED) is 0.584. The lowest BCUT2D eigenvalue weighted by molar-refractivity contribution is -0.384. The molecule has 0 atom stereocenters. The van der Waals surface area contributed by atoms with Crippen molar-refractivity contribution in [2.75, 3.05) is 5.32 Å². The Morgan fingerprint density at radius 3 is 2.45 bits per heavy atom. The Balaban J connectivity index is 2.23. The molecule has 0 bridgehead atoms. The summed E-state index contributed by atoms with van der Waals surface area (Å²) in [5.74, 6) is 0. The highest BCUT2D eigenvalue weighted by Crippen LogP contribution is 2.30. The molecule has 2 rings (SSSR count). The topological polar surface area (TPSA) is 55.2 Å². The first-order valence-electron chi connectivity index (χ1n) is 5.59. The van der Waals surface area contributed by atoms with Gasteiger partial charge in [0.1, 0.15) is 0 Å². The fraction of sp³-hybridized carbons (Fsp3) is 0.0769. The van der Waals surface area contributed by atoms with Gasteiger partial charge in [-0.3, -0.25) is 10.1 Å². The molecule has 0 saturated heterocycles. The first-order valence-corrected chi connectivity index (χ1v) is 7.14. The third-order valence-electron chi connectivity index (χ3n) is 2.68. The molecule has 0 radical (unpaired) electrons. The minimum atomic E-state index is -0.444. The first kappa shape index (κ1) is 15.1. The lowest BCUT2D eigenvalue weighted by Gasteiger charge is -2.11. The normalized spacial score (nSPS) is 10.3. The van der Waals surface area contributed by atoms with Gasteiger partial charge in [-0.05, 0) is 34.1 Å². The van der Waals surface area contributed by atoms with Crippen molar-refractivity contribution in [2.24, 2.45) is 0 Å². The molecule has 0 aliphatic heterocycles. The van der Waals surface area contributed by atoms with Crippen LogP contribution in [-0.2, 0) is 6.54 Å². The molecule has 2 aromatic carbocycles. The lowest BCUT2D eigenvalue weighted by Crippen LogP contribution is -2.02. The van der Waals surface area contributed by atoms with E-state index in [9.17, 15) is 10.1 Å². The Kier molecular flexibility index (Phi) is 4.86. The van der Waals surface area contributed by atoms with E-state index in [1.165, 1.54) is 12.1 Å². The highest BCUT2D eigenvalue weighted by atomic mass is 79.9. The van der Waals surface area contributed by atoms with Crippen LogP contribution in [0.15, 0.2) is 40.9 Å². The van der Waals surface area contributed by atoms with E-state index in [-0.39, 0.29) is 5.69 Å². The van der Waals surface area contributed by atoms with E-state index < -0.39 is 4.92 Å². The molecule has 0 spiro atoms. The Bertz CT molecular complexity index is 645. The van der Waals surface area contributed by atoms with Crippen LogP contribution in [-0.4, -0.2) is 4.92 Å². The van der Waals surface area contributed by atoms with Gasteiger partial charge in [0, 0.05) is 38.8 Å². The number of hydrogen-bond acceptors (Lipinski definition) is 3. The molecule has 0 heterocycles. The molecule has 0 saturated carbocycles. The third kappa shape index (κ3) is 3.42. The zero-order chi connectivity index (χ0) is 14.7. The fourth-order valence-electron chi connectivity index (χ4n) is 1.65. The lowest BCUT2D eigenvalue weighted by atomic mass is 10.2. The molecular formula is C13H9BrCl2N2O2. The SMILES string of the molecule is O=[N+]([O-])c1ccc(Br)c(NCc2c(Cl)cccc2Cl)c1. The van der Waals surface area contributed by atoms with Crippen molar-refractivity contribution in [3.63, 3.8) is 0 Å². The van der Waals surface area contributed by atoms with E-state index in [0.29, 0.717) is 22.3 Å². The van der Waals surface area contributed by atoms with Crippen LogP contribution >= 0.6 is 39.1 Å². The van der Waals surface area contributed by atoms with Crippen molar-refractivity contribution in [1.82, 2.24) is 0 Å². The van der Waals surface area contributed by atoms with Gasteiger partial charge in [0.25, 0.3) is 5.69 Å². The second-order valence-electron chi connectivity index (χ2n) is 3.98. The highest BCUT2D eigenvalue weighted by molar-refractivity contribution is 9.10. The van der Waals surface area contributed by atoms with E-state index in [2.05, 4.69) is 21.2 Å². The number of rotatable bonds is 4. The summed E-state index contributed by atoms with van der Waals surface area (Å²) in [5.41, 5.74) is 1.37. The van der Waals surface area contributed by atoms with Crippen molar-refractivity contribution in [1.29, 1.82) is 0 Å². The van der Waals surface area contributed by atoms with Crippen molar-refractivity contribution in [3.8, 4) is 0 Å². The number of nitrogens with zero attached hydrogens (tertiary/aromatic N) is 1. The smallest absolute Gasteiger partial charge is 0.271 e. The zero-order valence-corrected chi connectivity index (χ0v) is 13.2. The number of benzene rings is 2. The van der Waals surface area contributed by atoms with Gasteiger partial charge in [0.05, 0.1) is 10.6 Å². The Morgan fingerprint density at radius 1 is 1.20 bits per heavy atom. The first-order chi connectivity index (χ1) is 9.49. The fourth-order valence-corrected chi connectivity index (χ4v) is 2.57. The third-order valence-corrected chi connectivity index (χ3v) is 4.08. The van der Waals surface area contributed by atoms with E-state index >= 15 is 0 Å². The predicted octanol–water partition coefficient (Wildman–Crippen LogP) is 5.28.